The van der Waals surface area contributed by atoms with Gasteiger partial charge in [-0.05, 0) is 55.3 Å². The third-order valence-electron chi connectivity index (χ3n) is 2.86. The first-order valence-corrected chi connectivity index (χ1v) is 8.91. The van der Waals surface area contributed by atoms with E-state index < -0.39 is 10.0 Å². The summed E-state index contributed by atoms with van der Waals surface area (Å²) < 4.78 is 29.0. The molecule has 0 bridgehead atoms. The number of nitrogens with one attached hydrogen (secondary N) is 1. The molecule has 0 spiro atoms. The van der Waals surface area contributed by atoms with Gasteiger partial charge in [-0.3, -0.25) is 4.72 Å². The fourth-order valence-electron chi connectivity index (χ4n) is 1.65. The average Bonchev–Trinajstić information content (AvgIpc) is 2.37. The monoisotopic (exact) mass is 417 g/mol. The summed E-state index contributed by atoms with van der Waals surface area (Å²) in [4.78, 5) is 0.245. The summed E-state index contributed by atoms with van der Waals surface area (Å²) in [6, 6.07) is 10.3. The summed E-state index contributed by atoms with van der Waals surface area (Å²) in [5, 5.41) is 0. The van der Waals surface area contributed by atoms with Gasteiger partial charge in [0.2, 0.25) is 0 Å². The van der Waals surface area contributed by atoms with Gasteiger partial charge < -0.3 is 0 Å². The summed E-state index contributed by atoms with van der Waals surface area (Å²) in [6.07, 6.45) is 0. The van der Waals surface area contributed by atoms with Crippen molar-refractivity contribution in [3.8, 4) is 0 Å². The summed E-state index contributed by atoms with van der Waals surface area (Å²) in [7, 11) is -3.57. The van der Waals surface area contributed by atoms with Crippen molar-refractivity contribution < 1.29 is 8.42 Å². The summed E-state index contributed by atoms with van der Waals surface area (Å²) >= 11 is 6.75. The van der Waals surface area contributed by atoms with Crippen LogP contribution in [0.25, 0.3) is 0 Å². The Morgan fingerprint density at radius 2 is 1.60 bits per heavy atom. The highest BCUT2D eigenvalue weighted by molar-refractivity contribution is 9.10. The van der Waals surface area contributed by atoms with Gasteiger partial charge >= 0.3 is 0 Å². The highest BCUT2D eigenvalue weighted by Gasteiger charge is 2.15. The number of halogens is 2. The van der Waals surface area contributed by atoms with Crippen molar-refractivity contribution >= 4 is 47.6 Å². The lowest BCUT2D eigenvalue weighted by Gasteiger charge is -2.10. The van der Waals surface area contributed by atoms with Crippen LogP contribution in [0.4, 0.5) is 5.69 Å². The van der Waals surface area contributed by atoms with Gasteiger partial charge in [-0.2, -0.15) is 0 Å². The summed E-state index contributed by atoms with van der Waals surface area (Å²) in [5.41, 5.74) is 2.45. The maximum absolute atomic E-state index is 12.3. The lowest BCUT2D eigenvalue weighted by atomic mass is 10.2. The first kappa shape index (κ1) is 15.5. The van der Waals surface area contributed by atoms with Crippen molar-refractivity contribution in [3.05, 3.63) is 56.5 Å². The number of anilines is 1. The van der Waals surface area contributed by atoms with Crippen LogP contribution in [0.15, 0.2) is 50.2 Å². The zero-order valence-corrected chi connectivity index (χ0v) is 14.9. The number of rotatable bonds is 3. The van der Waals surface area contributed by atoms with Crippen LogP contribution in [0.5, 0.6) is 0 Å². The fraction of sp³-hybridized carbons (Fsp3) is 0.143. The standard InChI is InChI=1S/C14H13Br2NO2S/c1-9-3-4-11(8-14(9)16)17-20(18,19)12-5-6-13(15)10(2)7-12/h3-8,17H,1-2H3. The Balaban J connectivity index is 2.35. The molecule has 0 atom stereocenters. The van der Waals surface area contributed by atoms with Crippen LogP contribution in [0.3, 0.4) is 0 Å². The van der Waals surface area contributed by atoms with E-state index in [1.54, 1.807) is 30.3 Å². The Morgan fingerprint density at radius 1 is 0.900 bits per heavy atom. The molecule has 2 aromatic rings. The molecule has 0 aromatic heterocycles. The molecule has 6 heteroatoms. The molecule has 0 saturated heterocycles. The van der Waals surface area contributed by atoms with Crippen molar-refractivity contribution in [2.75, 3.05) is 4.72 Å². The van der Waals surface area contributed by atoms with E-state index in [9.17, 15) is 8.42 Å². The third kappa shape index (κ3) is 3.42. The molecule has 0 aliphatic carbocycles. The smallest absolute Gasteiger partial charge is 0.261 e. The molecule has 2 rings (SSSR count). The minimum absolute atomic E-state index is 0.245. The van der Waals surface area contributed by atoms with Gasteiger partial charge in [-0.25, -0.2) is 8.42 Å². The highest BCUT2D eigenvalue weighted by Crippen LogP contribution is 2.25. The van der Waals surface area contributed by atoms with Crippen molar-refractivity contribution in [1.29, 1.82) is 0 Å². The maximum Gasteiger partial charge on any atom is 0.261 e. The van der Waals surface area contributed by atoms with Gasteiger partial charge in [0.25, 0.3) is 10.0 Å². The average molecular weight is 419 g/mol. The second-order valence-electron chi connectivity index (χ2n) is 4.48. The molecular formula is C14H13Br2NO2S. The molecule has 20 heavy (non-hydrogen) atoms. The summed E-state index contributed by atoms with van der Waals surface area (Å²) in [6.45, 7) is 3.80. The molecule has 0 aliphatic rings. The predicted molar refractivity (Wildman–Crippen MR) is 88.6 cm³/mol. The van der Waals surface area contributed by atoms with Gasteiger partial charge in [0, 0.05) is 14.6 Å². The van der Waals surface area contributed by atoms with E-state index >= 15 is 0 Å². The molecule has 0 aliphatic heterocycles. The maximum atomic E-state index is 12.3. The van der Waals surface area contributed by atoms with E-state index in [2.05, 4.69) is 36.6 Å². The van der Waals surface area contributed by atoms with Crippen LogP contribution < -0.4 is 4.72 Å². The zero-order valence-electron chi connectivity index (χ0n) is 10.9. The molecule has 0 unspecified atom stereocenters. The van der Waals surface area contributed by atoms with E-state index in [4.69, 9.17) is 0 Å². The highest BCUT2D eigenvalue weighted by atomic mass is 79.9. The Labute approximate surface area is 135 Å². The first-order chi connectivity index (χ1) is 9.29. The molecular weight excluding hydrogens is 406 g/mol. The van der Waals surface area contributed by atoms with Crippen LogP contribution in [0.1, 0.15) is 11.1 Å². The second-order valence-corrected chi connectivity index (χ2v) is 7.87. The van der Waals surface area contributed by atoms with Crippen molar-refractivity contribution in [1.82, 2.24) is 0 Å². The van der Waals surface area contributed by atoms with Crippen LogP contribution in [-0.4, -0.2) is 8.42 Å². The topological polar surface area (TPSA) is 46.2 Å². The van der Waals surface area contributed by atoms with Crippen LogP contribution in [0, 0.1) is 13.8 Å². The number of hydrogen-bond acceptors (Lipinski definition) is 2. The van der Waals surface area contributed by atoms with E-state index in [1.165, 1.54) is 0 Å². The van der Waals surface area contributed by atoms with Crippen molar-refractivity contribution in [2.45, 2.75) is 18.7 Å². The lowest BCUT2D eigenvalue weighted by molar-refractivity contribution is 0.601. The van der Waals surface area contributed by atoms with Gasteiger partial charge in [0.15, 0.2) is 0 Å². The van der Waals surface area contributed by atoms with Crippen molar-refractivity contribution in [2.24, 2.45) is 0 Å². The van der Waals surface area contributed by atoms with E-state index in [0.717, 1.165) is 20.1 Å². The third-order valence-corrected chi connectivity index (χ3v) is 5.99. The van der Waals surface area contributed by atoms with Gasteiger partial charge in [0.05, 0.1) is 4.90 Å². The number of sulfonamides is 1. The largest absolute Gasteiger partial charge is 0.280 e. The minimum Gasteiger partial charge on any atom is -0.280 e. The molecule has 0 radical (unpaired) electrons. The Hall–Kier alpha value is -0.850. The zero-order chi connectivity index (χ0) is 14.9. The quantitative estimate of drug-likeness (QED) is 0.789. The van der Waals surface area contributed by atoms with E-state index in [0.29, 0.717) is 5.69 Å². The van der Waals surface area contributed by atoms with E-state index in [-0.39, 0.29) is 4.90 Å². The van der Waals surface area contributed by atoms with Crippen LogP contribution >= 0.6 is 31.9 Å². The Kier molecular flexibility index (Phi) is 4.56. The van der Waals surface area contributed by atoms with Crippen molar-refractivity contribution in [3.63, 3.8) is 0 Å². The number of hydrogen-bond donors (Lipinski definition) is 1. The second kappa shape index (κ2) is 5.87. The molecule has 0 amide bonds. The fourth-order valence-corrected chi connectivity index (χ4v) is 3.41. The Morgan fingerprint density at radius 3 is 2.20 bits per heavy atom. The summed E-state index contributed by atoms with van der Waals surface area (Å²) in [5.74, 6) is 0. The van der Waals surface area contributed by atoms with Gasteiger partial charge in [-0.15, -0.1) is 0 Å². The lowest BCUT2D eigenvalue weighted by Crippen LogP contribution is -2.13. The molecule has 106 valence electrons. The number of benzene rings is 2. The predicted octanol–water partition coefficient (Wildman–Crippen LogP) is 4.63. The van der Waals surface area contributed by atoms with Gasteiger partial charge in [0.1, 0.15) is 0 Å². The number of aryl methyl sites for hydroxylation is 2. The first-order valence-electron chi connectivity index (χ1n) is 5.85. The molecule has 0 fully saturated rings. The van der Waals surface area contributed by atoms with Crippen LogP contribution in [0.2, 0.25) is 0 Å². The normalized spacial score (nSPS) is 11.4. The van der Waals surface area contributed by atoms with Crippen LogP contribution in [-0.2, 0) is 10.0 Å². The minimum atomic E-state index is -3.57. The molecule has 3 nitrogen and oxygen atoms in total. The molecule has 0 saturated carbocycles. The molecule has 1 N–H and O–H groups in total. The molecule has 0 heterocycles. The van der Waals surface area contributed by atoms with Gasteiger partial charge in [-0.1, -0.05) is 37.9 Å². The van der Waals surface area contributed by atoms with E-state index in [1.807, 2.05) is 19.9 Å². The Bertz CT molecular complexity index is 758. The molecule has 2 aromatic carbocycles. The SMILES string of the molecule is Cc1cc(S(=O)(=O)Nc2ccc(C)c(Br)c2)ccc1Br.